The molecule has 0 aliphatic rings. The highest BCUT2D eigenvalue weighted by molar-refractivity contribution is 7.91. The molecule has 1 aromatic rings. The van der Waals surface area contributed by atoms with E-state index in [2.05, 4.69) is 0 Å². The van der Waals surface area contributed by atoms with Crippen LogP contribution in [0.1, 0.15) is 30.1 Å². The molecule has 0 heterocycles. The van der Waals surface area contributed by atoms with Gasteiger partial charge in [0.15, 0.2) is 15.6 Å². The number of benzene rings is 1. The van der Waals surface area contributed by atoms with Gasteiger partial charge in [0, 0.05) is 12.0 Å². The van der Waals surface area contributed by atoms with Crippen LogP contribution in [0, 0.1) is 0 Å². The first-order chi connectivity index (χ1) is 8.62. The summed E-state index contributed by atoms with van der Waals surface area (Å²) < 4.78 is 59.3. The average molecular weight is 294 g/mol. The molecule has 0 saturated carbocycles. The minimum atomic E-state index is -4.35. The zero-order valence-electron chi connectivity index (χ0n) is 10.2. The zero-order chi connectivity index (χ0) is 14.7. The summed E-state index contributed by atoms with van der Waals surface area (Å²) in [6.07, 6.45) is -5.95. The van der Waals surface area contributed by atoms with Crippen LogP contribution in [0.15, 0.2) is 29.2 Å². The van der Waals surface area contributed by atoms with Crippen LogP contribution in [0.5, 0.6) is 0 Å². The second-order valence-corrected chi connectivity index (χ2v) is 6.23. The molecule has 0 N–H and O–H groups in total. The lowest BCUT2D eigenvalue weighted by molar-refractivity contribution is -0.134. The molecule has 0 fully saturated rings. The van der Waals surface area contributed by atoms with Crippen molar-refractivity contribution in [1.82, 2.24) is 0 Å². The van der Waals surface area contributed by atoms with Crippen molar-refractivity contribution in [2.75, 3.05) is 5.75 Å². The van der Waals surface area contributed by atoms with E-state index in [1.807, 2.05) is 0 Å². The maximum Gasteiger partial charge on any atom is 0.389 e. The molecule has 0 radical (unpaired) electrons. The van der Waals surface area contributed by atoms with Crippen molar-refractivity contribution >= 4 is 15.6 Å². The third kappa shape index (κ3) is 5.02. The van der Waals surface area contributed by atoms with Crippen molar-refractivity contribution in [1.29, 1.82) is 0 Å². The van der Waals surface area contributed by atoms with Crippen molar-refractivity contribution in [3.05, 3.63) is 29.8 Å². The third-order valence-electron chi connectivity index (χ3n) is 2.49. The molecule has 0 amide bonds. The molecule has 0 unspecified atom stereocenters. The highest BCUT2D eigenvalue weighted by Crippen LogP contribution is 2.23. The number of ketones is 1. The van der Waals surface area contributed by atoms with Crippen LogP contribution < -0.4 is 0 Å². The SMILES string of the molecule is CC(=O)c1ccc(S(=O)(=O)CCCC(F)(F)F)cc1. The van der Waals surface area contributed by atoms with Gasteiger partial charge in [0.2, 0.25) is 0 Å². The van der Waals surface area contributed by atoms with E-state index >= 15 is 0 Å². The van der Waals surface area contributed by atoms with Gasteiger partial charge in [-0.1, -0.05) is 12.1 Å². The van der Waals surface area contributed by atoms with E-state index in [1.54, 1.807) is 0 Å². The van der Waals surface area contributed by atoms with E-state index < -0.39 is 34.6 Å². The molecule has 3 nitrogen and oxygen atoms in total. The normalized spacial score (nSPS) is 12.4. The number of sulfone groups is 1. The quantitative estimate of drug-likeness (QED) is 0.784. The van der Waals surface area contributed by atoms with E-state index in [0.29, 0.717) is 5.56 Å². The highest BCUT2D eigenvalue weighted by Gasteiger charge is 2.27. The molecule has 0 aromatic heterocycles. The lowest BCUT2D eigenvalue weighted by Gasteiger charge is -2.07. The number of hydrogen-bond donors (Lipinski definition) is 0. The monoisotopic (exact) mass is 294 g/mol. The Morgan fingerprint density at radius 3 is 2.11 bits per heavy atom. The smallest absolute Gasteiger partial charge is 0.295 e. The van der Waals surface area contributed by atoms with Crippen LogP contribution in [0.2, 0.25) is 0 Å². The molecular formula is C12H13F3O3S. The summed E-state index contributed by atoms with van der Waals surface area (Å²) in [4.78, 5) is 10.9. The summed E-state index contributed by atoms with van der Waals surface area (Å²) in [5.74, 6) is -0.771. The Morgan fingerprint density at radius 1 is 1.16 bits per heavy atom. The van der Waals surface area contributed by atoms with E-state index in [1.165, 1.54) is 31.2 Å². The topological polar surface area (TPSA) is 51.2 Å². The lowest BCUT2D eigenvalue weighted by Crippen LogP contribution is -2.12. The Hall–Kier alpha value is -1.37. The van der Waals surface area contributed by atoms with Gasteiger partial charge in [-0.25, -0.2) is 8.42 Å². The fourth-order valence-corrected chi connectivity index (χ4v) is 2.79. The molecule has 19 heavy (non-hydrogen) atoms. The molecule has 0 saturated heterocycles. The van der Waals surface area contributed by atoms with Crippen LogP contribution in [0.25, 0.3) is 0 Å². The highest BCUT2D eigenvalue weighted by atomic mass is 32.2. The van der Waals surface area contributed by atoms with Gasteiger partial charge in [-0.3, -0.25) is 4.79 Å². The second kappa shape index (κ2) is 5.73. The fraction of sp³-hybridized carbons (Fsp3) is 0.417. The minimum Gasteiger partial charge on any atom is -0.295 e. The largest absolute Gasteiger partial charge is 0.389 e. The summed E-state index contributed by atoms with van der Waals surface area (Å²) in [6, 6.07) is 5.16. The van der Waals surface area contributed by atoms with Crippen LogP contribution in [-0.2, 0) is 9.84 Å². The number of hydrogen-bond acceptors (Lipinski definition) is 3. The van der Waals surface area contributed by atoms with Crippen LogP contribution in [0.3, 0.4) is 0 Å². The third-order valence-corrected chi connectivity index (χ3v) is 4.31. The first kappa shape index (κ1) is 15.7. The Kier molecular flexibility index (Phi) is 4.73. The van der Waals surface area contributed by atoms with Gasteiger partial charge in [0.05, 0.1) is 10.6 Å². The van der Waals surface area contributed by atoms with E-state index in [0.717, 1.165) is 0 Å². The first-order valence-corrected chi connectivity index (χ1v) is 7.17. The first-order valence-electron chi connectivity index (χ1n) is 5.52. The van der Waals surface area contributed by atoms with Crippen molar-refractivity contribution in [2.24, 2.45) is 0 Å². The van der Waals surface area contributed by atoms with Crippen molar-refractivity contribution in [2.45, 2.75) is 30.8 Å². The van der Waals surface area contributed by atoms with Gasteiger partial charge in [-0.05, 0) is 25.5 Å². The number of carbonyl (C=O) groups is 1. The van der Waals surface area contributed by atoms with E-state index in [-0.39, 0.29) is 10.7 Å². The van der Waals surface area contributed by atoms with Gasteiger partial charge >= 0.3 is 6.18 Å². The van der Waals surface area contributed by atoms with Gasteiger partial charge in [0.25, 0.3) is 0 Å². The molecule has 0 aliphatic heterocycles. The fourth-order valence-electron chi connectivity index (χ4n) is 1.48. The number of carbonyl (C=O) groups excluding carboxylic acids is 1. The molecule has 0 atom stereocenters. The Balaban J connectivity index is 2.75. The summed E-state index contributed by atoms with van der Waals surface area (Å²) in [7, 11) is -3.74. The lowest BCUT2D eigenvalue weighted by atomic mass is 10.2. The van der Waals surface area contributed by atoms with Crippen LogP contribution >= 0.6 is 0 Å². The molecule has 0 bridgehead atoms. The van der Waals surface area contributed by atoms with E-state index in [4.69, 9.17) is 0 Å². The standard InChI is InChI=1S/C12H13F3O3S/c1-9(16)10-3-5-11(6-4-10)19(17,18)8-2-7-12(13,14)15/h3-6H,2,7-8H2,1H3. The molecular weight excluding hydrogens is 281 g/mol. The van der Waals surface area contributed by atoms with Gasteiger partial charge < -0.3 is 0 Å². The average Bonchev–Trinajstić information content (AvgIpc) is 2.27. The van der Waals surface area contributed by atoms with Crippen molar-refractivity contribution in [3.8, 4) is 0 Å². The molecule has 7 heteroatoms. The van der Waals surface area contributed by atoms with Gasteiger partial charge in [-0.2, -0.15) is 13.2 Å². The predicted octanol–water partition coefficient (Wildman–Crippen LogP) is 3.01. The molecule has 106 valence electrons. The predicted molar refractivity (Wildman–Crippen MR) is 63.8 cm³/mol. The zero-order valence-corrected chi connectivity index (χ0v) is 11.0. The number of halogens is 3. The summed E-state index contributed by atoms with van der Waals surface area (Å²) in [5, 5.41) is 0. The maximum atomic E-state index is 11.9. The molecule has 0 spiro atoms. The molecule has 1 rings (SSSR count). The summed E-state index contributed by atoms with van der Waals surface area (Å²) >= 11 is 0. The summed E-state index contributed by atoms with van der Waals surface area (Å²) in [6.45, 7) is 1.34. The van der Waals surface area contributed by atoms with Crippen molar-refractivity contribution in [3.63, 3.8) is 0 Å². The number of Topliss-reactive ketones (excluding diaryl/α,β-unsaturated/α-hetero) is 1. The second-order valence-electron chi connectivity index (χ2n) is 4.12. The summed E-state index contributed by atoms with van der Waals surface area (Å²) in [5.41, 5.74) is 0.356. The van der Waals surface area contributed by atoms with Gasteiger partial charge in [0.1, 0.15) is 0 Å². The number of rotatable bonds is 5. The molecule has 1 aromatic carbocycles. The number of alkyl halides is 3. The van der Waals surface area contributed by atoms with Crippen molar-refractivity contribution < 1.29 is 26.4 Å². The molecule has 0 aliphatic carbocycles. The Bertz CT molecular complexity index is 545. The Labute approximate surface area is 109 Å². The minimum absolute atomic E-state index is 0.0697. The van der Waals surface area contributed by atoms with Gasteiger partial charge in [-0.15, -0.1) is 0 Å². The van der Waals surface area contributed by atoms with E-state index in [9.17, 15) is 26.4 Å². The Morgan fingerprint density at radius 2 is 1.68 bits per heavy atom. The van der Waals surface area contributed by atoms with Crippen LogP contribution in [0.4, 0.5) is 13.2 Å². The maximum absolute atomic E-state index is 11.9. The van der Waals surface area contributed by atoms with Crippen LogP contribution in [-0.4, -0.2) is 26.1 Å².